The van der Waals surface area contributed by atoms with E-state index >= 15 is 0 Å². The zero-order chi connectivity index (χ0) is 10.3. The molecule has 0 saturated heterocycles. The summed E-state index contributed by atoms with van der Waals surface area (Å²) in [5, 5.41) is 13.1. The standard InChI is InChI=1S/C8H4Cl2N4/c1-14-5-2-4(3-11)7(9)12-6(5)8(10)13-14/h2H,1H3. The van der Waals surface area contributed by atoms with E-state index in [-0.39, 0.29) is 10.3 Å². The van der Waals surface area contributed by atoms with Crippen LogP contribution in [-0.2, 0) is 7.05 Å². The Morgan fingerprint density at radius 1 is 1.43 bits per heavy atom. The van der Waals surface area contributed by atoms with Crippen molar-refractivity contribution in [2.24, 2.45) is 7.05 Å². The maximum atomic E-state index is 8.74. The fraction of sp³-hybridized carbons (Fsp3) is 0.125. The summed E-state index contributed by atoms with van der Waals surface area (Å²) in [6.45, 7) is 0. The molecule has 14 heavy (non-hydrogen) atoms. The SMILES string of the molecule is Cn1nc(Cl)c2nc(Cl)c(C#N)cc21. The maximum absolute atomic E-state index is 8.74. The molecule has 4 nitrogen and oxygen atoms in total. The van der Waals surface area contributed by atoms with Crippen molar-refractivity contribution in [1.29, 1.82) is 5.26 Å². The van der Waals surface area contributed by atoms with Crippen molar-refractivity contribution in [2.45, 2.75) is 0 Å². The fourth-order valence-corrected chi connectivity index (χ4v) is 1.62. The molecular weight excluding hydrogens is 223 g/mol. The molecule has 2 heterocycles. The van der Waals surface area contributed by atoms with Gasteiger partial charge in [0.05, 0.1) is 11.1 Å². The predicted molar refractivity (Wildman–Crippen MR) is 53.2 cm³/mol. The van der Waals surface area contributed by atoms with Gasteiger partial charge in [0, 0.05) is 7.05 Å². The summed E-state index contributed by atoms with van der Waals surface area (Å²) >= 11 is 11.6. The summed E-state index contributed by atoms with van der Waals surface area (Å²) in [5.74, 6) is 0. The third kappa shape index (κ3) is 1.22. The molecule has 0 atom stereocenters. The van der Waals surface area contributed by atoms with Crippen molar-refractivity contribution in [3.05, 3.63) is 21.9 Å². The van der Waals surface area contributed by atoms with E-state index in [0.29, 0.717) is 16.6 Å². The molecule has 0 aromatic carbocycles. The number of aryl methyl sites for hydroxylation is 1. The molecule has 0 aliphatic carbocycles. The average molecular weight is 227 g/mol. The lowest BCUT2D eigenvalue weighted by Gasteiger charge is -1.95. The second-order valence-electron chi connectivity index (χ2n) is 2.72. The Morgan fingerprint density at radius 3 is 2.79 bits per heavy atom. The Bertz CT molecular complexity index is 552. The highest BCUT2D eigenvalue weighted by Gasteiger charge is 2.11. The summed E-state index contributed by atoms with van der Waals surface area (Å²) in [4.78, 5) is 3.99. The monoisotopic (exact) mass is 226 g/mol. The smallest absolute Gasteiger partial charge is 0.177 e. The van der Waals surface area contributed by atoms with Gasteiger partial charge in [-0.25, -0.2) is 4.98 Å². The highest BCUT2D eigenvalue weighted by molar-refractivity contribution is 6.35. The number of halogens is 2. The summed E-state index contributed by atoms with van der Waals surface area (Å²) in [6.07, 6.45) is 0. The number of fused-ring (bicyclic) bond motifs is 1. The van der Waals surface area contributed by atoms with Gasteiger partial charge >= 0.3 is 0 Å². The van der Waals surface area contributed by atoms with Crippen LogP contribution in [0.3, 0.4) is 0 Å². The van der Waals surface area contributed by atoms with Crippen LogP contribution in [-0.4, -0.2) is 14.8 Å². The minimum atomic E-state index is 0.148. The third-order valence-corrected chi connectivity index (χ3v) is 2.40. The van der Waals surface area contributed by atoms with Crippen LogP contribution in [0, 0.1) is 11.3 Å². The molecule has 0 aliphatic rings. The number of nitriles is 1. The van der Waals surface area contributed by atoms with Crippen LogP contribution in [0.25, 0.3) is 11.0 Å². The van der Waals surface area contributed by atoms with E-state index in [1.165, 1.54) is 0 Å². The molecule has 0 unspecified atom stereocenters. The molecule has 2 aromatic rings. The van der Waals surface area contributed by atoms with Crippen LogP contribution in [0.15, 0.2) is 6.07 Å². The fourth-order valence-electron chi connectivity index (χ4n) is 1.19. The molecule has 0 amide bonds. The van der Waals surface area contributed by atoms with Crippen molar-refractivity contribution in [1.82, 2.24) is 14.8 Å². The molecule has 70 valence electrons. The van der Waals surface area contributed by atoms with Crippen molar-refractivity contribution in [3.63, 3.8) is 0 Å². The zero-order valence-corrected chi connectivity index (χ0v) is 8.63. The minimum Gasteiger partial charge on any atom is -0.265 e. The first-order valence-electron chi connectivity index (χ1n) is 3.72. The highest BCUT2D eigenvalue weighted by Crippen LogP contribution is 2.24. The number of rotatable bonds is 0. The maximum Gasteiger partial charge on any atom is 0.177 e. The normalized spacial score (nSPS) is 10.4. The van der Waals surface area contributed by atoms with Crippen LogP contribution >= 0.6 is 23.2 Å². The van der Waals surface area contributed by atoms with Crippen LogP contribution in [0.4, 0.5) is 0 Å². The zero-order valence-electron chi connectivity index (χ0n) is 7.12. The second-order valence-corrected chi connectivity index (χ2v) is 3.44. The molecule has 0 N–H and O–H groups in total. The van der Waals surface area contributed by atoms with Gasteiger partial charge in [-0.3, -0.25) is 4.68 Å². The summed E-state index contributed by atoms with van der Waals surface area (Å²) in [6, 6.07) is 3.56. The van der Waals surface area contributed by atoms with Crippen molar-refractivity contribution in [3.8, 4) is 6.07 Å². The van der Waals surface area contributed by atoms with E-state index in [2.05, 4.69) is 10.1 Å². The molecular formula is C8H4Cl2N4. The highest BCUT2D eigenvalue weighted by atomic mass is 35.5. The summed E-state index contributed by atoms with van der Waals surface area (Å²) in [7, 11) is 1.73. The van der Waals surface area contributed by atoms with Gasteiger partial charge in [-0.2, -0.15) is 10.4 Å². The van der Waals surface area contributed by atoms with Gasteiger partial charge < -0.3 is 0 Å². The molecule has 0 saturated carbocycles. The van der Waals surface area contributed by atoms with Gasteiger partial charge in [-0.05, 0) is 6.07 Å². The molecule has 0 fully saturated rings. The average Bonchev–Trinajstić information content (AvgIpc) is 2.41. The quantitative estimate of drug-likeness (QED) is 0.648. The van der Waals surface area contributed by atoms with E-state index in [1.807, 2.05) is 6.07 Å². The number of nitrogens with zero attached hydrogens (tertiary/aromatic N) is 4. The number of aromatic nitrogens is 3. The lowest BCUT2D eigenvalue weighted by molar-refractivity contribution is 0.797. The van der Waals surface area contributed by atoms with Crippen molar-refractivity contribution >= 4 is 34.2 Å². The Labute approximate surface area is 89.7 Å². The van der Waals surface area contributed by atoms with Gasteiger partial charge in [-0.1, -0.05) is 23.2 Å². The van der Waals surface area contributed by atoms with Crippen LogP contribution in [0.2, 0.25) is 10.3 Å². The first kappa shape index (κ1) is 9.25. The van der Waals surface area contributed by atoms with E-state index < -0.39 is 0 Å². The molecule has 2 rings (SSSR count). The van der Waals surface area contributed by atoms with E-state index in [0.717, 1.165) is 0 Å². The van der Waals surface area contributed by atoms with Crippen LogP contribution < -0.4 is 0 Å². The molecule has 2 aromatic heterocycles. The van der Waals surface area contributed by atoms with E-state index in [4.69, 9.17) is 28.5 Å². The predicted octanol–water partition coefficient (Wildman–Crippen LogP) is 2.15. The van der Waals surface area contributed by atoms with Gasteiger partial charge in [0.25, 0.3) is 0 Å². The van der Waals surface area contributed by atoms with Gasteiger partial charge in [0.15, 0.2) is 5.15 Å². The number of hydrogen-bond donors (Lipinski definition) is 0. The van der Waals surface area contributed by atoms with Gasteiger partial charge in [0.1, 0.15) is 16.7 Å². The lowest BCUT2D eigenvalue weighted by Crippen LogP contribution is -1.90. The Hall–Kier alpha value is -1.31. The van der Waals surface area contributed by atoms with E-state index in [9.17, 15) is 0 Å². The topological polar surface area (TPSA) is 54.5 Å². The Morgan fingerprint density at radius 2 is 2.14 bits per heavy atom. The Kier molecular flexibility index (Phi) is 2.06. The molecule has 0 radical (unpaired) electrons. The van der Waals surface area contributed by atoms with Crippen LogP contribution in [0.5, 0.6) is 0 Å². The lowest BCUT2D eigenvalue weighted by atomic mass is 10.3. The Balaban J connectivity index is 2.91. The number of pyridine rings is 1. The summed E-state index contributed by atoms with van der Waals surface area (Å²) < 4.78 is 1.56. The van der Waals surface area contributed by atoms with Gasteiger partial charge in [-0.15, -0.1) is 0 Å². The molecule has 0 aliphatic heterocycles. The first-order valence-corrected chi connectivity index (χ1v) is 4.48. The molecule has 0 spiro atoms. The van der Waals surface area contributed by atoms with Gasteiger partial charge in [0.2, 0.25) is 0 Å². The third-order valence-electron chi connectivity index (χ3n) is 1.86. The van der Waals surface area contributed by atoms with E-state index in [1.54, 1.807) is 17.8 Å². The molecule has 0 bridgehead atoms. The van der Waals surface area contributed by atoms with Crippen molar-refractivity contribution in [2.75, 3.05) is 0 Å². The second kappa shape index (κ2) is 3.12. The minimum absolute atomic E-state index is 0.148. The number of hydrogen-bond acceptors (Lipinski definition) is 3. The molecule has 6 heteroatoms. The summed E-state index contributed by atoms with van der Waals surface area (Å²) in [5.41, 5.74) is 1.52. The van der Waals surface area contributed by atoms with Crippen LogP contribution in [0.1, 0.15) is 5.56 Å². The largest absolute Gasteiger partial charge is 0.265 e. The van der Waals surface area contributed by atoms with Crippen molar-refractivity contribution < 1.29 is 0 Å². The first-order chi connectivity index (χ1) is 6.63.